The van der Waals surface area contributed by atoms with Crippen LogP contribution in [0.5, 0.6) is 5.75 Å². The van der Waals surface area contributed by atoms with Crippen LogP contribution in [-0.2, 0) is 6.42 Å². The highest BCUT2D eigenvalue weighted by Crippen LogP contribution is 2.44. The molecule has 0 bridgehead atoms. The van der Waals surface area contributed by atoms with E-state index in [0.29, 0.717) is 11.4 Å². The second kappa shape index (κ2) is 3.41. The summed E-state index contributed by atoms with van der Waals surface area (Å²) in [5.41, 5.74) is 4.21. The van der Waals surface area contributed by atoms with Gasteiger partial charge in [-0.1, -0.05) is 35.3 Å². The Morgan fingerprint density at radius 1 is 1.00 bits per heavy atom. The number of halogens is 2. The zero-order valence-electron chi connectivity index (χ0n) is 8.30. The van der Waals surface area contributed by atoms with Crippen molar-refractivity contribution in [3.05, 3.63) is 51.5 Å². The van der Waals surface area contributed by atoms with E-state index in [4.69, 9.17) is 23.2 Å². The van der Waals surface area contributed by atoms with Gasteiger partial charge in [0.1, 0.15) is 5.75 Å². The van der Waals surface area contributed by atoms with Gasteiger partial charge in [0, 0.05) is 17.0 Å². The third-order valence-corrected chi connectivity index (χ3v) is 3.50. The minimum atomic E-state index is 0.187. The average Bonchev–Trinajstić information content (AvgIpc) is 2.62. The molecule has 0 aliphatic heterocycles. The first kappa shape index (κ1) is 10.0. The van der Waals surface area contributed by atoms with Crippen molar-refractivity contribution in [2.45, 2.75) is 6.42 Å². The SMILES string of the molecule is Oc1c(Cl)ccc2c1Cc1cc(Cl)ccc1-2. The predicted octanol–water partition coefficient (Wildman–Crippen LogP) is 4.27. The van der Waals surface area contributed by atoms with Gasteiger partial charge in [0.15, 0.2) is 0 Å². The van der Waals surface area contributed by atoms with E-state index in [9.17, 15) is 5.11 Å². The van der Waals surface area contributed by atoms with Crippen LogP contribution < -0.4 is 0 Å². The van der Waals surface area contributed by atoms with Crippen molar-refractivity contribution in [2.24, 2.45) is 0 Å². The fourth-order valence-electron chi connectivity index (χ4n) is 2.20. The van der Waals surface area contributed by atoms with Crippen molar-refractivity contribution in [3.8, 4) is 16.9 Å². The van der Waals surface area contributed by atoms with Crippen molar-refractivity contribution in [3.63, 3.8) is 0 Å². The van der Waals surface area contributed by atoms with Gasteiger partial charge in [0.25, 0.3) is 0 Å². The van der Waals surface area contributed by atoms with Crippen LogP contribution in [0.2, 0.25) is 10.0 Å². The first-order valence-electron chi connectivity index (χ1n) is 4.96. The van der Waals surface area contributed by atoms with E-state index in [1.165, 1.54) is 0 Å². The Bertz CT molecular complexity index is 591. The average molecular weight is 251 g/mol. The van der Waals surface area contributed by atoms with Crippen LogP contribution in [0.3, 0.4) is 0 Å². The number of benzene rings is 2. The van der Waals surface area contributed by atoms with E-state index in [1.807, 2.05) is 24.3 Å². The highest BCUT2D eigenvalue weighted by Gasteiger charge is 2.22. The summed E-state index contributed by atoms with van der Waals surface area (Å²) < 4.78 is 0. The first-order valence-corrected chi connectivity index (χ1v) is 5.71. The Balaban J connectivity index is 2.27. The van der Waals surface area contributed by atoms with Crippen LogP contribution >= 0.6 is 23.2 Å². The Morgan fingerprint density at radius 2 is 1.75 bits per heavy atom. The van der Waals surface area contributed by atoms with E-state index in [1.54, 1.807) is 6.07 Å². The summed E-state index contributed by atoms with van der Waals surface area (Å²) in [6.45, 7) is 0. The fourth-order valence-corrected chi connectivity index (χ4v) is 2.57. The summed E-state index contributed by atoms with van der Waals surface area (Å²) in [4.78, 5) is 0. The molecule has 3 heteroatoms. The molecule has 3 rings (SSSR count). The molecule has 1 aliphatic carbocycles. The summed E-state index contributed by atoms with van der Waals surface area (Å²) >= 11 is 11.8. The van der Waals surface area contributed by atoms with Gasteiger partial charge in [-0.15, -0.1) is 0 Å². The predicted molar refractivity (Wildman–Crippen MR) is 66.4 cm³/mol. The minimum absolute atomic E-state index is 0.187. The number of fused-ring (bicyclic) bond motifs is 3. The molecule has 0 amide bonds. The summed E-state index contributed by atoms with van der Waals surface area (Å²) in [5.74, 6) is 0.187. The van der Waals surface area contributed by atoms with Crippen LogP contribution in [-0.4, -0.2) is 5.11 Å². The van der Waals surface area contributed by atoms with Gasteiger partial charge in [-0.2, -0.15) is 0 Å². The molecule has 80 valence electrons. The molecule has 0 heterocycles. The van der Waals surface area contributed by atoms with Crippen molar-refractivity contribution in [1.29, 1.82) is 0 Å². The monoisotopic (exact) mass is 250 g/mol. The molecule has 0 saturated heterocycles. The molecule has 0 spiro atoms. The van der Waals surface area contributed by atoms with Gasteiger partial charge in [0.05, 0.1) is 5.02 Å². The summed E-state index contributed by atoms with van der Waals surface area (Å²) in [6, 6.07) is 9.44. The molecule has 1 aliphatic rings. The summed E-state index contributed by atoms with van der Waals surface area (Å²) in [7, 11) is 0. The largest absolute Gasteiger partial charge is 0.506 e. The molecule has 16 heavy (non-hydrogen) atoms. The van der Waals surface area contributed by atoms with Gasteiger partial charge in [0.2, 0.25) is 0 Å². The van der Waals surface area contributed by atoms with Crippen LogP contribution in [0.15, 0.2) is 30.3 Å². The fraction of sp³-hybridized carbons (Fsp3) is 0.0769. The quantitative estimate of drug-likeness (QED) is 0.632. The van der Waals surface area contributed by atoms with Crippen molar-refractivity contribution in [1.82, 2.24) is 0 Å². The maximum Gasteiger partial charge on any atom is 0.138 e. The summed E-state index contributed by atoms with van der Waals surface area (Å²) in [6.07, 6.45) is 0.692. The van der Waals surface area contributed by atoms with Crippen LogP contribution in [0.1, 0.15) is 11.1 Å². The second-order valence-corrected chi connectivity index (χ2v) is 4.74. The van der Waals surface area contributed by atoms with Gasteiger partial charge in [-0.3, -0.25) is 0 Å². The molecule has 0 radical (unpaired) electrons. The molecule has 0 fully saturated rings. The molecule has 1 N–H and O–H groups in total. The van der Waals surface area contributed by atoms with E-state index in [-0.39, 0.29) is 5.75 Å². The lowest BCUT2D eigenvalue weighted by Gasteiger charge is -2.04. The third-order valence-electron chi connectivity index (χ3n) is 2.96. The molecule has 1 nitrogen and oxygen atoms in total. The number of hydrogen-bond donors (Lipinski definition) is 1. The van der Waals surface area contributed by atoms with E-state index in [2.05, 4.69) is 0 Å². The first-order chi connectivity index (χ1) is 7.66. The molecule has 2 aromatic rings. The minimum Gasteiger partial charge on any atom is -0.506 e. The summed E-state index contributed by atoms with van der Waals surface area (Å²) in [5, 5.41) is 11.0. The molecular weight excluding hydrogens is 243 g/mol. The molecule has 0 unspecified atom stereocenters. The smallest absolute Gasteiger partial charge is 0.138 e. The van der Waals surface area contributed by atoms with Gasteiger partial charge >= 0.3 is 0 Å². The molecule has 0 atom stereocenters. The van der Waals surface area contributed by atoms with Gasteiger partial charge in [-0.25, -0.2) is 0 Å². The van der Waals surface area contributed by atoms with E-state index >= 15 is 0 Å². The Hall–Kier alpha value is -1.18. The maximum atomic E-state index is 9.89. The Morgan fingerprint density at radius 3 is 2.56 bits per heavy atom. The molecule has 0 aromatic heterocycles. The Labute approximate surface area is 103 Å². The van der Waals surface area contributed by atoms with Crippen LogP contribution in [0.25, 0.3) is 11.1 Å². The maximum absolute atomic E-state index is 9.89. The van der Waals surface area contributed by atoms with Crippen molar-refractivity contribution in [2.75, 3.05) is 0 Å². The third kappa shape index (κ3) is 1.32. The lowest BCUT2D eigenvalue weighted by Crippen LogP contribution is -1.82. The van der Waals surface area contributed by atoms with Crippen LogP contribution in [0, 0.1) is 0 Å². The van der Waals surface area contributed by atoms with Gasteiger partial charge in [-0.05, 0) is 34.9 Å². The second-order valence-electron chi connectivity index (χ2n) is 3.90. The lowest BCUT2D eigenvalue weighted by molar-refractivity contribution is 0.470. The Kier molecular flexibility index (Phi) is 2.13. The van der Waals surface area contributed by atoms with E-state index in [0.717, 1.165) is 27.3 Å². The van der Waals surface area contributed by atoms with E-state index < -0.39 is 0 Å². The van der Waals surface area contributed by atoms with Crippen LogP contribution in [0.4, 0.5) is 0 Å². The van der Waals surface area contributed by atoms with Crippen molar-refractivity contribution < 1.29 is 5.11 Å². The normalized spacial score (nSPS) is 12.4. The number of aromatic hydroxyl groups is 1. The topological polar surface area (TPSA) is 20.2 Å². The molecule has 2 aromatic carbocycles. The van der Waals surface area contributed by atoms with Gasteiger partial charge < -0.3 is 5.11 Å². The molecule has 0 saturated carbocycles. The number of hydrogen-bond acceptors (Lipinski definition) is 1. The number of rotatable bonds is 0. The number of phenols is 1. The number of phenolic OH excluding ortho intramolecular Hbond substituents is 1. The standard InChI is InChI=1S/C13H8Cl2O/c14-8-1-2-9-7(5-8)6-11-10(9)3-4-12(15)13(11)16/h1-5,16H,6H2. The highest BCUT2D eigenvalue weighted by molar-refractivity contribution is 6.32. The lowest BCUT2D eigenvalue weighted by atomic mass is 10.1. The highest BCUT2D eigenvalue weighted by atomic mass is 35.5. The molecular formula is C13H8Cl2O. The zero-order valence-corrected chi connectivity index (χ0v) is 9.81. The van der Waals surface area contributed by atoms with Crippen molar-refractivity contribution >= 4 is 23.2 Å². The zero-order chi connectivity index (χ0) is 11.3.